The maximum absolute atomic E-state index is 12.4. The number of rotatable bonds is 6. The van der Waals surface area contributed by atoms with Crippen molar-refractivity contribution in [2.45, 2.75) is 13.3 Å². The Morgan fingerprint density at radius 3 is 2.61 bits per heavy atom. The zero-order valence-electron chi connectivity index (χ0n) is 12.3. The van der Waals surface area contributed by atoms with Gasteiger partial charge in [0.1, 0.15) is 18.9 Å². The van der Waals surface area contributed by atoms with Crippen LogP contribution in [0.2, 0.25) is 0 Å². The van der Waals surface area contributed by atoms with Crippen LogP contribution in [0.5, 0.6) is 5.75 Å². The number of benzene rings is 1. The molecule has 0 aromatic heterocycles. The number of aldehydes is 1. The van der Waals surface area contributed by atoms with Gasteiger partial charge < -0.3 is 4.74 Å². The van der Waals surface area contributed by atoms with Crippen molar-refractivity contribution in [3.8, 4) is 5.75 Å². The smallest absolute Gasteiger partial charge is 0.265 e. The summed E-state index contributed by atoms with van der Waals surface area (Å²) in [5, 5.41) is 2.07. The molecule has 2 rings (SSSR count). The van der Waals surface area contributed by atoms with Gasteiger partial charge in [-0.05, 0) is 12.1 Å². The van der Waals surface area contributed by atoms with Crippen molar-refractivity contribution in [3.05, 3.63) is 29.3 Å². The molecule has 0 unspecified atom stereocenters. The Balaban J connectivity index is 2.22. The molecule has 0 spiro atoms. The third-order valence-corrected chi connectivity index (χ3v) is 3.17. The summed E-state index contributed by atoms with van der Waals surface area (Å²) in [4.78, 5) is 58.6. The molecule has 1 aromatic carbocycles. The first-order valence-electron chi connectivity index (χ1n) is 6.87. The number of amides is 4. The Hall–Kier alpha value is -3.03. The van der Waals surface area contributed by atoms with Gasteiger partial charge in [0.05, 0.1) is 11.1 Å². The molecule has 1 aliphatic heterocycles. The minimum Gasteiger partial charge on any atom is -0.485 e. The molecule has 0 saturated carbocycles. The average Bonchev–Trinajstić information content (AvgIpc) is 2.78. The molecule has 1 aliphatic rings. The summed E-state index contributed by atoms with van der Waals surface area (Å²) in [7, 11) is 0. The van der Waals surface area contributed by atoms with Crippen molar-refractivity contribution in [2.24, 2.45) is 0 Å². The third-order valence-electron chi connectivity index (χ3n) is 3.17. The van der Waals surface area contributed by atoms with Crippen molar-refractivity contribution >= 4 is 29.9 Å². The summed E-state index contributed by atoms with van der Waals surface area (Å²) >= 11 is 0. The van der Waals surface area contributed by atoms with Crippen LogP contribution in [0.3, 0.4) is 0 Å². The highest BCUT2D eigenvalue weighted by Crippen LogP contribution is 2.30. The van der Waals surface area contributed by atoms with Crippen LogP contribution in [0.25, 0.3) is 0 Å². The largest absolute Gasteiger partial charge is 0.485 e. The van der Waals surface area contributed by atoms with Crippen LogP contribution in [0, 0.1) is 0 Å². The van der Waals surface area contributed by atoms with Crippen LogP contribution in [-0.4, -0.2) is 48.0 Å². The number of carbonyl (C=O) groups excluding carboxylic acids is 5. The first kappa shape index (κ1) is 16.3. The fraction of sp³-hybridized carbons (Fsp3) is 0.267. The predicted octanol–water partition coefficient (Wildman–Crippen LogP) is -0.0869. The van der Waals surface area contributed by atoms with E-state index in [0.717, 1.165) is 4.90 Å². The minimum atomic E-state index is -0.748. The van der Waals surface area contributed by atoms with Gasteiger partial charge in [0.25, 0.3) is 11.8 Å². The van der Waals surface area contributed by atoms with Crippen molar-refractivity contribution in [1.82, 2.24) is 10.2 Å². The molecule has 0 saturated heterocycles. The van der Waals surface area contributed by atoms with Crippen molar-refractivity contribution in [3.63, 3.8) is 0 Å². The lowest BCUT2D eigenvalue weighted by Gasteiger charge is -2.13. The molecule has 1 aromatic rings. The first-order valence-corrected chi connectivity index (χ1v) is 6.87. The number of carbonyl (C=O) groups is 5. The number of imide groups is 2. The molecule has 8 heteroatoms. The molecular formula is C15H14N2O6. The maximum Gasteiger partial charge on any atom is 0.265 e. The summed E-state index contributed by atoms with van der Waals surface area (Å²) < 4.78 is 5.13. The molecule has 0 fully saturated rings. The Kier molecular flexibility index (Phi) is 4.85. The van der Waals surface area contributed by atoms with Gasteiger partial charge in [-0.15, -0.1) is 0 Å². The number of nitrogens with one attached hydrogen (secondary N) is 1. The van der Waals surface area contributed by atoms with Crippen LogP contribution in [0.4, 0.5) is 0 Å². The van der Waals surface area contributed by atoms with E-state index in [4.69, 9.17) is 4.74 Å². The fourth-order valence-electron chi connectivity index (χ4n) is 2.12. The van der Waals surface area contributed by atoms with Gasteiger partial charge in [-0.25, -0.2) is 0 Å². The SMILES string of the molecule is CCC(=O)NC(=O)CN1C(=O)c2cccc(OCC=O)c2C1=O. The zero-order chi connectivity index (χ0) is 17.0. The quantitative estimate of drug-likeness (QED) is 0.580. The Labute approximate surface area is 131 Å². The molecule has 120 valence electrons. The molecule has 4 amide bonds. The zero-order valence-corrected chi connectivity index (χ0v) is 12.3. The number of hydrogen-bond acceptors (Lipinski definition) is 6. The molecule has 0 bridgehead atoms. The second-order valence-corrected chi connectivity index (χ2v) is 4.68. The highest BCUT2D eigenvalue weighted by molar-refractivity contribution is 6.23. The van der Waals surface area contributed by atoms with E-state index in [1.807, 2.05) is 0 Å². The molecule has 8 nitrogen and oxygen atoms in total. The molecule has 0 radical (unpaired) electrons. The van der Waals surface area contributed by atoms with Gasteiger partial charge >= 0.3 is 0 Å². The van der Waals surface area contributed by atoms with E-state index < -0.39 is 30.2 Å². The van der Waals surface area contributed by atoms with Crippen LogP contribution in [0.1, 0.15) is 34.1 Å². The van der Waals surface area contributed by atoms with E-state index in [-0.39, 0.29) is 29.9 Å². The lowest BCUT2D eigenvalue weighted by atomic mass is 10.1. The van der Waals surface area contributed by atoms with E-state index in [1.165, 1.54) is 18.2 Å². The van der Waals surface area contributed by atoms with Crippen molar-refractivity contribution < 1.29 is 28.7 Å². The van der Waals surface area contributed by atoms with Gasteiger partial charge in [0, 0.05) is 6.42 Å². The van der Waals surface area contributed by atoms with Gasteiger partial charge in [0.2, 0.25) is 11.8 Å². The average molecular weight is 318 g/mol. The first-order chi connectivity index (χ1) is 11.0. The normalized spacial score (nSPS) is 12.8. The van der Waals surface area contributed by atoms with Gasteiger partial charge in [0.15, 0.2) is 6.29 Å². The number of ether oxygens (including phenoxy) is 1. The van der Waals surface area contributed by atoms with Gasteiger partial charge in [-0.2, -0.15) is 0 Å². The van der Waals surface area contributed by atoms with E-state index in [9.17, 15) is 24.0 Å². The molecule has 23 heavy (non-hydrogen) atoms. The monoisotopic (exact) mass is 318 g/mol. The second-order valence-electron chi connectivity index (χ2n) is 4.68. The summed E-state index contributed by atoms with van der Waals surface area (Å²) in [6, 6.07) is 4.39. The summed E-state index contributed by atoms with van der Waals surface area (Å²) in [5.41, 5.74) is 0.0991. The highest BCUT2D eigenvalue weighted by Gasteiger charge is 2.39. The van der Waals surface area contributed by atoms with E-state index in [0.29, 0.717) is 6.29 Å². The lowest BCUT2D eigenvalue weighted by molar-refractivity contribution is -0.130. The number of hydrogen-bond donors (Lipinski definition) is 1. The molecule has 0 aliphatic carbocycles. The van der Waals surface area contributed by atoms with E-state index in [2.05, 4.69) is 5.32 Å². The van der Waals surface area contributed by atoms with Gasteiger partial charge in [-0.3, -0.25) is 34.2 Å². The van der Waals surface area contributed by atoms with Crippen LogP contribution in [0.15, 0.2) is 18.2 Å². The Morgan fingerprint density at radius 2 is 1.96 bits per heavy atom. The van der Waals surface area contributed by atoms with E-state index in [1.54, 1.807) is 6.92 Å². The number of fused-ring (bicyclic) bond motifs is 1. The second kappa shape index (κ2) is 6.82. The standard InChI is InChI=1S/C15H14N2O6/c1-2-11(19)16-12(20)8-17-14(21)9-4-3-5-10(23-7-6-18)13(9)15(17)22/h3-6H,2,7-8H2,1H3,(H,16,19,20). The van der Waals surface area contributed by atoms with Crippen molar-refractivity contribution in [1.29, 1.82) is 0 Å². The van der Waals surface area contributed by atoms with Crippen LogP contribution < -0.4 is 10.1 Å². The maximum atomic E-state index is 12.4. The van der Waals surface area contributed by atoms with E-state index >= 15 is 0 Å². The topological polar surface area (TPSA) is 110 Å². The summed E-state index contributed by atoms with van der Waals surface area (Å²) in [5.74, 6) is -2.50. The molecule has 0 atom stereocenters. The summed E-state index contributed by atoms with van der Waals surface area (Å²) in [6.45, 7) is 0.746. The fourth-order valence-corrected chi connectivity index (χ4v) is 2.12. The summed E-state index contributed by atoms with van der Waals surface area (Å²) in [6.07, 6.45) is 0.625. The molecular weight excluding hydrogens is 304 g/mol. The van der Waals surface area contributed by atoms with Gasteiger partial charge in [-0.1, -0.05) is 13.0 Å². The molecule has 1 N–H and O–H groups in total. The predicted molar refractivity (Wildman–Crippen MR) is 76.8 cm³/mol. The van der Waals surface area contributed by atoms with Crippen LogP contribution in [-0.2, 0) is 14.4 Å². The van der Waals surface area contributed by atoms with Crippen molar-refractivity contribution in [2.75, 3.05) is 13.2 Å². The Morgan fingerprint density at radius 1 is 1.22 bits per heavy atom. The minimum absolute atomic E-state index is 0.00830. The molecule has 1 heterocycles. The van der Waals surface area contributed by atoms with Crippen LogP contribution >= 0.6 is 0 Å². The third kappa shape index (κ3) is 3.25. The Bertz CT molecular complexity index is 697. The lowest BCUT2D eigenvalue weighted by Crippen LogP contribution is -2.42. The number of nitrogens with zero attached hydrogens (tertiary/aromatic N) is 1. The highest BCUT2D eigenvalue weighted by atomic mass is 16.5.